The predicted octanol–water partition coefficient (Wildman–Crippen LogP) is 3.02. The molecule has 1 unspecified atom stereocenters. The Hall–Kier alpha value is -1.61. The maximum absolute atomic E-state index is 6.04. The Balaban J connectivity index is 2.57. The van der Waals surface area contributed by atoms with Crippen molar-refractivity contribution in [3.05, 3.63) is 47.3 Å². The van der Waals surface area contributed by atoms with Crippen molar-refractivity contribution in [1.29, 1.82) is 0 Å². The van der Waals surface area contributed by atoms with E-state index < -0.39 is 0 Å². The zero-order chi connectivity index (χ0) is 13.1. The highest BCUT2D eigenvalue weighted by atomic mass is 15.3. The summed E-state index contributed by atoms with van der Waals surface area (Å²) in [6.07, 6.45) is 1.93. The molecule has 0 amide bonds. The quantitative estimate of drug-likeness (QED) is 0.897. The second-order valence-electron chi connectivity index (χ2n) is 4.59. The highest BCUT2D eigenvalue weighted by Crippen LogP contribution is 2.22. The number of para-hydroxylation sites is 1. The van der Waals surface area contributed by atoms with Crippen molar-refractivity contribution < 1.29 is 0 Å². The van der Waals surface area contributed by atoms with Gasteiger partial charge in [-0.2, -0.15) is 5.10 Å². The summed E-state index contributed by atoms with van der Waals surface area (Å²) in [5, 5.41) is 4.67. The first kappa shape index (κ1) is 12.8. The molecule has 96 valence electrons. The summed E-state index contributed by atoms with van der Waals surface area (Å²) in [7, 11) is 0. The SMILES string of the molecule is CCc1cc(CC)n(-c2ccccc2C(C)N)n1. The van der Waals surface area contributed by atoms with E-state index >= 15 is 0 Å². The topological polar surface area (TPSA) is 43.8 Å². The van der Waals surface area contributed by atoms with Crippen molar-refractivity contribution in [2.24, 2.45) is 5.73 Å². The summed E-state index contributed by atoms with van der Waals surface area (Å²) >= 11 is 0. The van der Waals surface area contributed by atoms with Gasteiger partial charge in [0.1, 0.15) is 0 Å². The zero-order valence-electron chi connectivity index (χ0n) is 11.4. The molecule has 0 spiro atoms. The molecule has 1 atom stereocenters. The van der Waals surface area contributed by atoms with Gasteiger partial charge in [0, 0.05) is 11.7 Å². The first-order valence-corrected chi connectivity index (χ1v) is 6.60. The van der Waals surface area contributed by atoms with Gasteiger partial charge in [-0.25, -0.2) is 4.68 Å². The second-order valence-corrected chi connectivity index (χ2v) is 4.59. The Bertz CT molecular complexity index is 526. The Kier molecular flexibility index (Phi) is 3.82. The average Bonchev–Trinajstić information content (AvgIpc) is 2.81. The average molecular weight is 243 g/mol. The van der Waals surface area contributed by atoms with E-state index in [9.17, 15) is 0 Å². The number of nitrogens with two attached hydrogens (primary N) is 1. The van der Waals surface area contributed by atoms with Crippen molar-refractivity contribution in [1.82, 2.24) is 9.78 Å². The fourth-order valence-electron chi connectivity index (χ4n) is 2.17. The number of aryl methyl sites for hydroxylation is 2. The van der Waals surface area contributed by atoms with Crippen LogP contribution in [0.1, 0.15) is 43.8 Å². The minimum Gasteiger partial charge on any atom is -0.324 e. The third-order valence-corrected chi connectivity index (χ3v) is 3.21. The summed E-state index contributed by atoms with van der Waals surface area (Å²) in [6, 6.07) is 10.4. The van der Waals surface area contributed by atoms with E-state index in [0.29, 0.717) is 0 Å². The van der Waals surface area contributed by atoms with Gasteiger partial charge in [0.2, 0.25) is 0 Å². The van der Waals surface area contributed by atoms with Gasteiger partial charge in [0.25, 0.3) is 0 Å². The smallest absolute Gasteiger partial charge is 0.0696 e. The van der Waals surface area contributed by atoms with E-state index in [2.05, 4.69) is 37.1 Å². The van der Waals surface area contributed by atoms with Crippen LogP contribution in [0.15, 0.2) is 30.3 Å². The summed E-state index contributed by atoms with van der Waals surface area (Å²) < 4.78 is 2.04. The van der Waals surface area contributed by atoms with Crippen LogP contribution in [-0.2, 0) is 12.8 Å². The lowest BCUT2D eigenvalue weighted by molar-refractivity contribution is 0.750. The van der Waals surface area contributed by atoms with Crippen LogP contribution in [-0.4, -0.2) is 9.78 Å². The molecule has 0 bridgehead atoms. The third-order valence-electron chi connectivity index (χ3n) is 3.21. The van der Waals surface area contributed by atoms with Gasteiger partial charge in [0.05, 0.1) is 11.4 Å². The van der Waals surface area contributed by atoms with Crippen LogP contribution in [0.25, 0.3) is 5.69 Å². The van der Waals surface area contributed by atoms with Gasteiger partial charge in [-0.1, -0.05) is 32.0 Å². The highest BCUT2D eigenvalue weighted by Gasteiger charge is 2.12. The van der Waals surface area contributed by atoms with Crippen LogP contribution in [0.2, 0.25) is 0 Å². The Morgan fingerprint density at radius 3 is 2.56 bits per heavy atom. The molecular weight excluding hydrogens is 222 g/mol. The maximum Gasteiger partial charge on any atom is 0.0696 e. The molecule has 0 radical (unpaired) electrons. The molecule has 1 aromatic carbocycles. The molecule has 2 rings (SSSR count). The van der Waals surface area contributed by atoms with Gasteiger partial charge in [-0.15, -0.1) is 0 Å². The van der Waals surface area contributed by atoms with Crippen molar-refractivity contribution in [2.75, 3.05) is 0 Å². The summed E-state index contributed by atoms with van der Waals surface area (Å²) in [4.78, 5) is 0. The van der Waals surface area contributed by atoms with E-state index in [1.807, 2.05) is 23.7 Å². The molecule has 0 saturated heterocycles. The minimum atomic E-state index is 0.0141. The summed E-state index contributed by atoms with van der Waals surface area (Å²) in [5.74, 6) is 0. The number of nitrogens with zero attached hydrogens (tertiary/aromatic N) is 2. The maximum atomic E-state index is 6.04. The molecule has 3 heteroatoms. The predicted molar refractivity (Wildman–Crippen MR) is 74.9 cm³/mol. The molecule has 3 nitrogen and oxygen atoms in total. The number of benzene rings is 1. The number of rotatable bonds is 4. The fraction of sp³-hybridized carbons (Fsp3) is 0.400. The Morgan fingerprint density at radius 1 is 1.22 bits per heavy atom. The van der Waals surface area contributed by atoms with E-state index in [1.54, 1.807) is 0 Å². The Labute approximate surface area is 109 Å². The first-order chi connectivity index (χ1) is 8.67. The highest BCUT2D eigenvalue weighted by molar-refractivity contribution is 5.43. The lowest BCUT2D eigenvalue weighted by atomic mass is 10.1. The third kappa shape index (κ3) is 2.31. The van der Waals surface area contributed by atoms with Crippen LogP contribution >= 0.6 is 0 Å². The normalized spacial score (nSPS) is 12.7. The molecule has 2 aromatic rings. The van der Waals surface area contributed by atoms with E-state index in [4.69, 9.17) is 5.73 Å². The molecule has 1 heterocycles. The molecule has 0 aliphatic rings. The van der Waals surface area contributed by atoms with Crippen LogP contribution in [0.4, 0.5) is 0 Å². The summed E-state index contributed by atoms with van der Waals surface area (Å²) in [5.41, 5.74) is 10.6. The van der Waals surface area contributed by atoms with E-state index in [0.717, 1.165) is 29.8 Å². The monoisotopic (exact) mass is 243 g/mol. The van der Waals surface area contributed by atoms with Crippen molar-refractivity contribution >= 4 is 0 Å². The fourth-order valence-corrected chi connectivity index (χ4v) is 2.17. The number of aromatic nitrogens is 2. The van der Waals surface area contributed by atoms with Crippen LogP contribution < -0.4 is 5.73 Å². The molecule has 0 aliphatic heterocycles. The van der Waals surface area contributed by atoms with Crippen molar-refractivity contribution in [3.8, 4) is 5.69 Å². The summed E-state index contributed by atoms with van der Waals surface area (Å²) in [6.45, 7) is 6.29. The molecule has 18 heavy (non-hydrogen) atoms. The minimum absolute atomic E-state index is 0.0141. The molecule has 1 aromatic heterocycles. The van der Waals surface area contributed by atoms with Gasteiger partial charge in [0.15, 0.2) is 0 Å². The van der Waals surface area contributed by atoms with Gasteiger partial charge in [-0.3, -0.25) is 0 Å². The number of hydrogen-bond acceptors (Lipinski definition) is 2. The lowest BCUT2D eigenvalue weighted by Crippen LogP contribution is -2.11. The van der Waals surface area contributed by atoms with Crippen molar-refractivity contribution in [2.45, 2.75) is 39.7 Å². The van der Waals surface area contributed by atoms with Crippen LogP contribution in [0.5, 0.6) is 0 Å². The number of hydrogen-bond donors (Lipinski definition) is 1. The zero-order valence-corrected chi connectivity index (χ0v) is 11.4. The van der Waals surface area contributed by atoms with Gasteiger partial charge < -0.3 is 5.73 Å². The van der Waals surface area contributed by atoms with E-state index in [1.165, 1.54) is 5.69 Å². The molecule has 2 N–H and O–H groups in total. The van der Waals surface area contributed by atoms with Crippen molar-refractivity contribution in [3.63, 3.8) is 0 Å². The lowest BCUT2D eigenvalue weighted by Gasteiger charge is -2.14. The molecular formula is C15H21N3. The standard InChI is InChI=1S/C15H21N3/c1-4-12-10-13(5-2)18(17-12)15-9-7-6-8-14(15)11(3)16/h6-11H,4-5,16H2,1-3H3. The van der Waals surface area contributed by atoms with Crippen LogP contribution in [0.3, 0.4) is 0 Å². The molecule has 0 aliphatic carbocycles. The van der Waals surface area contributed by atoms with E-state index in [-0.39, 0.29) is 6.04 Å². The molecule has 0 saturated carbocycles. The first-order valence-electron chi connectivity index (χ1n) is 6.60. The second kappa shape index (κ2) is 5.36. The molecule has 0 fully saturated rings. The Morgan fingerprint density at radius 2 is 1.94 bits per heavy atom. The van der Waals surface area contributed by atoms with Crippen LogP contribution in [0, 0.1) is 0 Å². The largest absolute Gasteiger partial charge is 0.324 e. The van der Waals surface area contributed by atoms with Gasteiger partial charge in [-0.05, 0) is 37.5 Å². The van der Waals surface area contributed by atoms with Gasteiger partial charge >= 0.3 is 0 Å².